The first-order valence-corrected chi connectivity index (χ1v) is 17.0. The van der Waals surface area contributed by atoms with Gasteiger partial charge in [0.15, 0.2) is 0 Å². The van der Waals surface area contributed by atoms with Crippen molar-refractivity contribution in [3.05, 3.63) is 108 Å². The molecule has 0 bridgehead atoms. The van der Waals surface area contributed by atoms with Gasteiger partial charge in [-0.15, -0.1) is 0 Å². The highest BCUT2D eigenvalue weighted by Gasteiger charge is 2.43. The predicted octanol–water partition coefficient (Wildman–Crippen LogP) is 8.48. The second-order valence-electron chi connectivity index (χ2n) is 11.9. The molecule has 0 aliphatic carbocycles. The molecular weight excluding hydrogens is 529 g/mol. The van der Waals surface area contributed by atoms with Crippen LogP contribution in [0.15, 0.2) is 91.0 Å². The molecule has 0 aliphatic rings. The molecule has 0 heterocycles. The second kappa shape index (κ2) is 20.5. The van der Waals surface area contributed by atoms with Crippen LogP contribution in [-0.4, -0.2) is 43.0 Å². The zero-order valence-corrected chi connectivity index (χ0v) is 27.7. The van der Waals surface area contributed by atoms with E-state index < -0.39 is 12.9 Å². The van der Waals surface area contributed by atoms with E-state index in [-0.39, 0.29) is 5.92 Å². The van der Waals surface area contributed by atoms with Gasteiger partial charge in [-0.05, 0) is 48.8 Å². The van der Waals surface area contributed by atoms with Crippen molar-refractivity contribution in [3.63, 3.8) is 0 Å². The molecule has 0 saturated carbocycles. The van der Waals surface area contributed by atoms with Gasteiger partial charge in [0.25, 0.3) is 0 Å². The Labute approximate surface area is 263 Å². The Kier molecular flexibility index (Phi) is 17.5. The Morgan fingerprint density at radius 2 is 0.977 bits per heavy atom. The van der Waals surface area contributed by atoms with Crippen LogP contribution in [0.5, 0.6) is 0 Å². The maximum Gasteiger partial charge on any atom is 0.343 e. The van der Waals surface area contributed by atoms with E-state index in [1.54, 1.807) is 0 Å². The van der Waals surface area contributed by atoms with Crippen LogP contribution in [0.4, 0.5) is 0 Å². The van der Waals surface area contributed by atoms with Gasteiger partial charge >= 0.3 is 7.32 Å². The van der Waals surface area contributed by atoms with Crippen molar-refractivity contribution >= 4 is 7.32 Å². The fourth-order valence-electron chi connectivity index (χ4n) is 6.41. The van der Waals surface area contributed by atoms with Crippen LogP contribution in [0, 0.1) is 0 Å². The summed E-state index contributed by atoms with van der Waals surface area (Å²) in [6.07, 6.45) is 11.8. The number of quaternary nitrogens is 1. The van der Waals surface area contributed by atoms with Crippen LogP contribution in [0.3, 0.4) is 0 Å². The summed E-state index contributed by atoms with van der Waals surface area (Å²) in [5.74, 6) is -0.142. The molecule has 0 saturated heterocycles. The topological polar surface area (TPSA) is 52.5 Å². The van der Waals surface area contributed by atoms with E-state index in [4.69, 9.17) is 4.65 Å². The first-order chi connectivity index (χ1) is 20.9. The van der Waals surface area contributed by atoms with Crippen LogP contribution in [0.1, 0.15) is 115 Å². The van der Waals surface area contributed by atoms with Crippen molar-refractivity contribution in [2.24, 2.45) is 0 Å². The zero-order chi connectivity index (χ0) is 31.4. The summed E-state index contributed by atoms with van der Waals surface area (Å²) in [5, 5.41) is 21.6. The van der Waals surface area contributed by atoms with Gasteiger partial charge in [-0.1, -0.05) is 151 Å². The molecule has 0 amide bonds. The molecule has 1 N–H and O–H groups in total. The third-order valence-electron chi connectivity index (χ3n) is 8.74. The summed E-state index contributed by atoms with van der Waals surface area (Å²) < 4.78 is 7.24. The van der Waals surface area contributed by atoms with E-state index in [9.17, 15) is 10.0 Å². The largest absolute Gasteiger partial charge is 0.832 e. The van der Waals surface area contributed by atoms with E-state index in [2.05, 4.69) is 34.6 Å². The van der Waals surface area contributed by atoms with Crippen LogP contribution in [0.2, 0.25) is 0 Å². The van der Waals surface area contributed by atoms with Crippen LogP contribution >= 0.6 is 0 Å². The summed E-state index contributed by atoms with van der Waals surface area (Å²) in [5.41, 5.74) is 1.66. The molecule has 3 aromatic rings. The van der Waals surface area contributed by atoms with Crippen LogP contribution in [0.25, 0.3) is 0 Å². The maximum atomic E-state index is 11.9. The average Bonchev–Trinajstić information content (AvgIpc) is 3.05. The molecular formula is C38H58BNO3. The number of hydrogen-bond acceptors (Lipinski definition) is 3. The third kappa shape index (κ3) is 11.2. The Morgan fingerprint density at radius 3 is 1.28 bits per heavy atom. The lowest BCUT2D eigenvalue weighted by Crippen LogP contribution is -2.50. The van der Waals surface area contributed by atoms with Gasteiger partial charge in [0.05, 0.1) is 26.2 Å². The minimum absolute atomic E-state index is 0.142. The molecule has 236 valence electrons. The molecule has 0 radical (unpaired) electrons. The highest BCUT2D eigenvalue weighted by atomic mass is 16.6. The van der Waals surface area contributed by atoms with Crippen molar-refractivity contribution in [2.45, 2.75) is 104 Å². The van der Waals surface area contributed by atoms with Crippen LogP contribution < -0.4 is 5.02 Å². The molecule has 3 aromatic carbocycles. The molecule has 0 fully saturated rings. The second-order valence-corrected chi connectivity index (χ2v) is 11.9. The van der Waals surface area contributed by atoms with E-state index in [0.717, 1.165) is 23.1 Å². The van der Waals surface area contributed by atoms with Crippen LogP contribution in [-0.2, 0) is 10.3 Å². The summed E-state index contributed by atoms with van der Waals surface area (Å²) in [4.78, 5) is 0. The normalized spacial score (nSPS) is 12.3. The fourth-order valence-corrected chi connectivity index (χ4v) is 6.41. The zero-order valence-electron chi connectivity index (χ0n) is 27.7. The van der Waals surface area contributed by atoms with Gasteiger partial charge in [-0.2, -0.15) is 0 Å². The average molecular weight is 588 g/mol. The molecule has 43 heavy (non-hydrogen) atoms. The molecule has 1 atom stereocenters. The highest BCUT2D eigenvalue weighted by molar-refractivity contribution is 6.30. The van der Waals surface area contributed by atoms with E-state index in [0.29, 0.717) is 0 Å². The van der Waals surface area contributed by atoms with Crippen molar-refractivity contribution < 1.29 is 19.2 Å². The number of nitrogens with zero attached hydrogens (tertiary/aromatic N) is 1. The quantitative estimate of drug-likeness (QED) is 0.113. The molecule has 0 spiro atoms. The SMILES string of the molecule is CCC(c1ccccc1)C(OB([O-])O)(c1ccccc1)c1ccccc1.CCCC[N+](CCCC)(CCCC)CCCC. The first kappa shape index (κ1) is 36.8. The van der Waals surface area contributed by atoms with Gasteiger partial charge in [0.1, 0.15) is 5.60 Å². The lowest BCUT2D eigenvalue weighted by Gasteiger charge is -2.44. The minimum Gasteiger partial charge on any atom is -0.832 e. The minimum atomic E-state index is -2.15. The Morgan fingerprint density at radius 1 is 0.628 bits per heavy atom. The molecule has 0 aromatic heterocycles. The highest BCUT2D eigenvalue weighted by Crippen LogP contribution is 2.47. The standard InChI is InChI=1S/C22H22BO3.C16H36N/c1-2-21(18-12-6-3-7-13-18)22(26-23(24)25,19-14-8-4-9-15-19)20-16-10-5-11-17-20;1-5-9-13-17(14-10-6-2,15-11-7-3)16-12-8-4/h3-17,21,24H,2H2,1H3;5-16H2,1-4H3/q-1;+1. The lowest BCUT2D eigenvalue weighted by molar-refractivity contribution is -0.929. The Hall–Kier alpha value is -2.44. The lowest BCUT2D eigenvalue weighted by atomic mass is 9.71. The van der Waals surface area contributed by atoms with Gasteiger partial charge in [-0.25, -0.2) is 0 Å². The summed E-state index contributed by atoms with van der Waals surface area (Å²) >= 11 is 0. The molecule has 1 unspecified atom stereocenters. The van der Waals surface area contributed by atoms with Crippen molar-refractivity contribution in [2.75, 3.05) is 26.2 Å². The molecule has 3 rings (SSSR count). The van der Waals surface area contributed by atoms with E-state index >= 15 is 0 Å². The predicted molar refractivity (Wildman–Crippen MR) is 182 cm³/mol. The maximum absolute atomic E-state index is 11.9. The smallest absolute Gasteiger partial charge is 0.343 e. The molecule has 5 heteroatoms. The van der Waals surface area contributed by atoms with E-state index in [1.165, 1.54) is 82.0 Å². The summed E-state index contributed by atoms with van der Waals surface area (Å²) in [7, 11) is -2.15. The summed E-state index contributed by atoms with van der Waals surface area (Å²) in [6.45, 7) is 17.1. The Balaban J connectivity index is 0.000000332. The van der Waals surface area contributed by atoms with E-state index in [1.807, 2.05) is 91.0 Å². The molecule has 4 nitrogen and oxygen atoms in total. The third-order valence-corrected chi connectivity index (χ3v) is 8.74. The Bertz CT molecular complexity index is 1000. The van der Waals surface area contributed by atoms with Gasteiger partial charge in [0.2, 0.25) is 0 Å². The number of hydrogen-bond donors (Lipinski definition) is 1. The van der Waals surface area contributed by atoms with Crippen molar-refractivity contribution in [1.29, 1.82) is 0 Å². The van der Waals surface area contributed by atoms with Gasteiger partial charge < -0.3 is 19.2 Å². The van der Waals surface area contributed by atoms with Gasteiger partial charge in [-0.3, -0.25) is 0 Å². The van der Waals surface area contributed by atoms with Gasteiger partial charge in [0, 0.05) is 5.92 Å². The fraction of sp³-hybridized carbons (Fsp3) is 0.526. The number of unbranched alkanes of at least 4 members (excludes halogenated alkanes) is 4. The van der Waals surface area contributed by atoms with Crippen molar-refractivity contribution in [1.82, 2.24) is 0 Å². The number of rotatable bonds is 19. The summed E-state index contributed by atoms with van der Waals surface area (Å²) in [6, 6.07) is 29.3. The monoisotopic (exact) mass is 587 g/mol. The van der Waals surface area contributed by atoms with Crippen molar-refractivity contribution in [3.8, 4) is 0 Å². The number of benzene rings is 3. The molecule has 0 aliphatic heterocycles. The first-order valence-electron chi connectivity index (χ1n) is 17.0.